The van der Waals surface area contributed by atoms with Crippen LogP contribution in [0.4, 0.5) is 14.5 Å². The molecule has 1 amide bonds. The molecule has 0 radical (unpaired) electrons. The summed E-state index contributed by atoms with van der Waals surface area (Å²) in [7, 11) is 0. The first-order valence-corrected chi connectivity index (χ1v) is 11.9. The van der Waals surface area contributed by atoms with Gasteiger partial charge < -0.3 is 15.0 Å². The zero-order chi connectivity index (χ0) is 21.3. The second-order valence-corrected chi connectivity index (χ2v) is 10.8. The van der Waals surface area contributed by atoms with E-state index in [1.165, 1.54) is 0 Å². The fourth-order valence-electron chi connectivity index (χ4n) is 7.59. The molecular formula is C24H32ClF2N3O2. The highest BCUT2D eigenvalue weighted by molar-refractivity contribution is 5.94. The molecule has 2 unspecified atom stereocenters. The van der Waals surface area contributed by atoms with Crippen LogP contribution in [0, 0.1) is 5.92 Å². The van der Waals surface area contributed by atoms with Gasteiger partial charge in [-0.15, -0.1) is 12.4 Å². The van der Waals surface area contributed by atoms with Gasteiger partial charge in [0.05, 0.1) is 25.1 Å². The smallest absolute Gasteiger partial charge is 0.272 e. The number of carbonyl (C=O) groups excluding carboxylic acids is 1. The molecule has 2 heterocycles. The monoisotopic (exact) mass is 467 g/mol. The number of rotatable bonds is 3. The van der Waals surface area contributed by atoms with Crippen molar-refractivity contribution in [1.29, 1.82) is 0 Å². The van der Waals surface area contributed by atoms with Gasteiger partial charge >= 0.3 is 0 Å². The minimum atomic E-state index is -1.39. The van der Waals surface area contributed by atoms with Crippen LogP contribution >= 0.6 is 12.4 Å². The molecule has 4 saturated carbocycles. The van der Waals surface area contributed by atoms with Crippen LogP contribution < -0.4 is 5.32 Å². The maximum absolute atomic E-state index is 15.4. The van der Waals surface area contributed by atoms with Gasteiger partial charge in [-0.2, -0.15) is 0 Å². The standard InChI is InChI=1S/C24H31F2N3O2.ClH/c25-22-9-16-10-23(26,13-22)15-24(11-16,14-22)28-19-12-27-20(18-4-2-1-3-17(18)19)21(30)29-5-7-31-8-6-29;/h12,16,28H,1-11,13-15H2;1H. The van der Waals surface area contributed by atoms with E-state index in [0.717, 1.165) is 48.9 Å². The molecule has 1 aromatic rings. The van der Waals surface area contributed by atoms with Gasteiger partial charge in [0, 0.05) is 37.9 Å². The van der Waals surface area contributed by atoms with Crippen LogP contribution in [0.15, 0.2) is 6.20 Å². The lowest BCUT2D eigenvalue weighted by Crippen LogP contribution is -2.65. The van der Waals surface area contributed by atoms with E-state index in [-0.39, 0.29) is 30.7 Å². The van der Waals surface area contributed by atoms with Gasteiger partial charge in [-0.1, -0.05) is 0 Å². The molecule has 5 aliphatic carbocycles. The van der Waals surface area contributed by atoms with E-state index in [1.807, 2.05) is 4.90 Å². The second kappa shape index (κ2) is 7.79. The van der Waals surface area contributed by atoms with E-state index >= 15 is 8.78 Å². The topological polar surface area (TPSA) is 54.5 Å². The summed E-state index contributed by atoms with van der Waals surface area (Å²) < 4.78 is 36.3. The first-order valence-electron chi connectivity index (χ1n) is 11.9. The van der Waals surface area contributed by atoms with Crippen molar-refractivity contribution in [3.05, 3.63) is 23.0 Å². The van der Waals surface area contributed by atoms with Gasteiger partial charge in [0.25, 0.3) is 5.91 Å². The van der Waals surface area contributed by atoms with Crippen LogP contribution in [-0.2, 0) is 17.6 Å². The van der Waals surface area contributed by atoms with Gasteiger partial charge in [0.2, 0.25) is 0 Å². The number of alkyl halides is 2. The molecule has 7 rings (SSSR count). The number of morpholine rings is 1. The highest BCUT2D eigenvalue weighted by Crippen LogP contribution is 2.62. The maximum atomic E-state index is 15.4. The number of nitrogens with zero attached hydrogens (tertiary/aromatic N) is 2. The Labute approximate surface area is 194 Å². The summed E-state index contributed by atoms with van der Waals surface area (Å²) in [6.07, 6.45) is 8.23. The zero-order valence-corrected chi connectivity index (χ0v) is 19.2. The fraction of sp³-hybridized carbons (Fsp3) is 0.750. The van der Waals surface area contributed by atoms with Crippen molar-refractivity contribution in [2.24, 2.45) is 5.92 Å². The van der Waals surface area contributed by atoms with Crippen molar-refractivity contribution in [1.82, 2.24) is 9.88 Å². The Morgan fingerprint density at radius 1 is 1.03 bits per heavy atom. The summed E-state index contributed by atoms with van der Waals surface area (Å²) in [6, 6.07) is 0. The number of fused-ring (bicyclic) bond motifs is 1. The number of aromatic nitrogens is 1. The van der Waals surface area contributed by atoms with E-state index in [9.17, 15) is 4.79 Å². The van der Waals surface area contributed by atoms with Gasteiger partial charge in [0.1, 0.15) is 17.0 Å². The molecule has 2 atom stereocenters. The number of hydrogen-bond acceptors (Lipinski definition) is 4. The van der Waals surface area contributed by atoms with Crippen molar-refractivity contribution < 1.29 is 18.3 Å². The summed E-state index contributed by atoms with van der Waals surface area (Å²) >= 11 is 0. The van der Waals surface area contributed by atoms with Crippen molar-refractivity contribution >= 4 is 24.0 Å². The van der Waals surface area contributed by atoms with Crippen molar-refractivity contribution in [3.63, 3.8) is 0 Å². The average molecular weight is 468 g/mol. The highest BCUT2D eigenvalue weighted by Gasteiger charge is 2.65. The van der Waals surface area contributed by atoms with Gasteiger partial charge in [0.15, 0.2) is 0 Å². The van der Waals surface area contributed by atoms with E-state index in [2.05, 4.69) is 10.3 Å². The van der Waals surface area contributed by atoms with Crippen molar-refractivity contribution in [3.8, 4) is 0 Å². The SMILES string of the molecule is Cl.O=C(c1ncc(NC23CC4CC(F)(CC(F)(C4)C2)C3)c2c1CCCC2)N1CCOCC1. The molecule has 0 aromatic carbocycles. The van der Waals surface area contributed by atoms with Crippen LogP contribution in [-0.4, -0.2) is 59.0 Å². The minimum absolute atomic E-state index is 0. The first kappa shape index (κ1) is 22.3. The molecule has 176 valence electrons. The number of amides is 1. The Balaban J connectivity index is 0.00000216. The third-order valence-corrected chi connectivity index (χ3v) is 8.23. The zero-order valence-electron chi connectivity index (χ0n) is 18.4. The third-order valence-electron chi connectivity index (χ3n) is 8.23. The third kappa shape index (κ3) is 3.69. The quantitative estimate of drug-likeness (QED) is 0.715. The number of nitrogens with one attached hydrogen (secondary N) is 1. The Morgan fingerprint density at radius 2 is 1.69 bits per heavy atom. The predicted molar refractivity (Wildman–Crippen MR) is 120 cm³/mol. The number of ether oxygens (including phenoxy) is 1. The first-order chi connectivity index (χ1) is 14.9. The predicted octanol–water partition coefficient (Wildman–Crippen LogP) is 4.42. The molecule has 0 spiro atoms. The Kier molecular flexibility index (Phi) is 5.44. The minimum Gasteiger partial charge on any atom is -0.378 e. The van der Waals surface area contributed by atoms with Gasteiger partial charge in [-0.25, -0.2) is 13.8 Å². The summed E-state index contributed by atoms with van der Waals surface area (Å²) in [4.78, 5) is 19.6. The largest absolute Gasteiger partial charge is 0.378 e. The molecule has 1 N–H and O–H groups in total. The van der Waals surface area contributed by atoms with Gasteiger partial charge in [-0.05, 0) is 62.0 Å². The summed E-state index contributed by atoms with van der Waals surface area (Å²) in [6.45, 7) is 2.31. The summed E-state index contributed by atoms with van der Waals surface area (Å²) in [5, 5.41) is 3.62. The van der Waals surface area contributed by atoms with Crippen LogP contribution in [0.3, 0.4) is 0 Å². The maximum Gasteiger partial charge on any atom is 0.272 e. The Morgan fingerprint density at radius 3 is 2.34 bits per heavy atom. The molecule has 5 fully saturated rings. The molecular weight excluding hydrogens is 436 g/mol. The summed E-state index contributed by atoms with van der Waals surface area (Å²) in [5.41, 5.74) is 0.295. The summed E-state index contributed by atoms with van der Waals surface area (Å²) in [5.74, 6) is 0.0953. The van der Waals surface area contributed by atoms with E-state index < -0.39 is 16.9 Å². The fourth-order valence-corrected chi connectivity index (χ4v) is 7.59. The number of carbonyl (C=O) groups is 1. The van der Waals surface area contributed by atoms with Crippen LogP contribution in [0.25, 0.3) is 0 Å². The van der Waals surface area contributed by atoms with E-state index in [0.29, 0.717) is 57.7 Å². The normalized spacial score (nSPS) is 37.6. The number of anilines is 1. The average Bonchev–Trinajstić information content (AvgIpc) is 2.71. The number of halogens is 3. The van der Waals surface area contributed by atoms with E-state index in [1.54, 1.807) is 6.20 Å². The van der Waals surface area contributed by atoms with Crippen molar-refractivity contribution in [2.45, 2.75) is 81.1 Å². The molecule has 4 bridgehead atoms. The number of hydrogen-bond donors (Lipinski definition) is 1. The molecule has 32 heavy (non-hydrogen) atoms. The Bertz CT molecular complexity index is 905. The molecule has 6 aliphatic rings. The Hall–Kier alpha value is -1.47. The second-order valence-electron chi connectivity index (χ2n) is 10.8. The van der Waals surface area contributed by atoms with Crippen LogP contribution in [0.5, 0.6) is 0 Å². The molecule has 5 nitrogen and oxygen atoms in total. The van der Waals surface area contributed by atoms with Crippen LogP contribution in [0.2, 0.25) is 0 Å². The lowest BCUT2D eigenvalue weighted by molar-refractivity contribution is -0.137. The lowest BCUT2D eigenvalue weighted by atomic mass is 9.50. The van der Waals surface area contributed by atoms with Crippen LogP contribution in [0.1, 0.15) is 73.0 Å². The highest BCUT2D eigenvalue weighted by atomic mass is 35.5. The molecule has 1 aromatic heterocycles. The number of pyridine rings is 1. The molecule has 1 aliphatic heterocycles. The molecule has 1 saturated heterocycles. The van der Waals surface area contributed by atoms with Gasteiger partial charge in [-0.3, -0.25) is 4.79 Å². The lowest BCUT2D eigenvalue weighted by Gasteiger charge is -2.61. The molecule has 8 heteroatoms. The van der Waals surface area contributed by atoms with E-state index in [4.69, 9.17) is 4.74 Å². The van der Waals surface area contributed by atoms with Crippen molar-refractivity contribution in [2.75, 3.05) is 31.6 Å².